The maximum atomic E-state index is 13.4. The number of nitrogens with two attached hydrogens (primary N) is 1. The van der Waals surface area contributed by atoms with Crippen molar-refractivity contribution in [2.45, 2.75) is 0 Å². The van der Waals surface area contributed by atoms with Crippen LogP contribution in [-0.4, -0.2) is 35.6 Å². The number of hydrogen-bond donors (Lipinski definition) is 2. The van der Waals surface area contributed by atoms with E-state index >= 15 is 0 Å². The Hall–Kier alpha value is -1.62. The first-order valence-corrected chi connectivity index (χ1v) is 5.07. The van der Waals surface area contributed by atoms with Crippen LogP contribution in [0.1, 0.15) is 10.4 Å². The van der Waals surface area contributed by atoms with Crippen LogP contribution in [0.2, 0.25) is 0 Å². The van der Waals surface area contributed by atoms with Gasteiger partial charge in [-0.3, -0.25) is 4.79 Å². The van der Waals surface area contributed by atoms with Crippen LogP contribution < -0.4 is 5.73 Å². The van der Waals surface area contributed by atoms with Gasteiger partial charge < -0.3 is 15.7 Å². The summed E-state index contributed by atoms with van der Waals surface area (Å²) >= 11 is 0. The third kappa shape index (κ3) is 1.86. The molecule has 0 aromatic heterocycles. The molecule has 0 radical (unpaired) electrons. The third-order valence-electron chi connectivity index (χ3n) is 2.73. The molecule has 0 unspecified atom stereocenters. The number of amides is 1. The molecule has 0 saturated carbocycles. The minimum absolute atomic E-state index is 0.0330. The van der Waals surface area contributed by atoms with Crippen molar-refractivity contribution < 1.29 is 14.3 Å². The summed E-state index contributed by atoms with van der Waals surface area (Å²) in [6.45, 7) is 1.03. The van der Waals surface area contributed by atoms with Crippen molar-refractivity contribution in [2.75, 3.05) is 25.4 Å². The Morgan fingerprint density at radius 3 is 2.81 bits per heavy atom. The van der Waals surface area contributed by atoms with Gasteiger partial charge in [0.1, 0.15) is 5.82 Å². The van der Waals surface area contributed by atoms with Gasteiger partial charge in [-0.15, -0.1) is 0 Å². The quantitative estimate of drug-likeness (QED) is 0.718. The van der Waals surface area contributed by atoms with Gasteiger partial charge >= 0.3 is 0 Å². The predicted molar refractivity (Wildman–Crippen MR) is 57.3 cm³/mol. The number of carbonyl (C=O) groups excluding carboxylic acids is 1. The van der Waals surface area contributed by atoms with Crippen molar-refractivity contribution in [3.63, 3.8) is 0 Å². The predicted octanol–water partition coefficient (Wildman–Crippen LogP) is 0.472. The minimum Gasteiger partial charge on any atom is -0.399 e. The second-order valence-corrected chi connectivity index (χ2v) is 4.00. The maximum absolute atomic E-state index is 13.4. The van der Waals surface area contributed by atoms with E-state index in [1.807, 2.05) is 0 Å². The van der Waals surface area contributed by atoms with Crippen molar-refractivity contribution in [3.8, 4) is 0 Å². The van der Waals surface area contributed by atoms with E-state index in [0.29, 0.717) is 18.8 Å². The van der Waals surface area contributed by atoms with E-state index < -0.39 is 5.82 Å². The van der Waals surface area contributed by atoms with E-state index in [2.05, 4.69) is 0 Å². The number of nitrogen functional groups attached to an aromatic ring is 1. The van der Waals surface area contributed by atoms with E-state index in [0.717, 1.165) is 6.07 Å². The Bertz CT molecular complexity index is 416. The van der Waals surface area contributed by atoms with Gasteiger partial charge in [0.25, 0.3) is 5.91 Å². The first kappa shape index (κ1) is 10.9. The summed E-state index contributed by atoms with van der Waals surface area (Å²) < 4.78 is 13.4. The fraction of sp³-hybridized carbons (Fsp3) is 0.364. The topological polar surface area (TPSA) is 66.6 Å². The summed E-state index contributed by atoms with van der Waals surface area (Å²) in [5.74, 6) is -0.819. The molecule has 1 saturated heterocycles. The monoisotopic (exact) mass is 224 g/mol. The number of aliphatic hydroxyl groups is 1. The second kappa shape index (κ2) is 4.09. The molecule has 4 nitrogen and oxygen atoms in total. The van der Waals surface area contributed by atoms with Gasteiger partial charge in [0.15, 0.2) is 0 Å². The zero-order chi connectivity index (χ0) is 11.7. The number of carbonyl (C=O) groups is 1. The smallest absolute Gasteiger partial charge is 0.256 e. The number of halogens is 1. The van der Waals surface area contributed by atoms with Gasteiger partial charge in [-0.1, -0.05) is 0 Å². The molecule has 0 bridgehead atoms. The summed E-state index contributed by atoms with van der Waals surface area (Å²) in [6, 6.07) is 4.02. The minimum atomic E-state index is -0.600. The molecule has 1 aliphatic rings. The van der Waals surface area contributed by atoms with E-state index in [-0.39, 0.29) is 24.0 Å². The molecule has 1 aromatic carbocycles. The lowest BCUT2D eigenvalue weighted by molar-refractivity contribution is 0.0358. The van der Waals surface area contributed by atoms with Crippen LogP contribution in [0, 0.1) is 11.7 Å². The summed E-state index contributed by atoms with van der Waals surface area (Å²) in [6.07, 6.45) is 0. The highest BCUT2D eigenvalue weighted by atomic mass is 19.1. The Labute approximate surface area is 92.5 Å². The molecule has 1 heterocycles. The van der Waals surface area contributed by atoms with Gasteiger partial charge in [0.2, 0.25) is 0 Å². The van der Waals surface area contributed by atoms with Crippen LogP contribution in [0.25, 0.3) is 0 Å². The summed E-state index contributed by atoms with van der Waals surface area (Å²) in [4.78, 5) is 13.3. The molecule has 3 N–H and O–H groups in total. The lowest BCUT2D eigenvalue weighted by Gasteiger charge is -2.38. The van der Waals surface area contributed by atoms with Gasteiger partial charge in [-0.25, -0.2) is 4.39 Å². The van der Waals surface area contributed by atoms with Crippen LogP contribution in [-0.2, 0) is 0 Å². The van der Waals surface area contributed by atoms with E-state index in [1.165, 1.54) is 17.0 Å². The Morgan fingerprint density at radius 1 is 1.56 bits per heavy atom. The van der Waals surface area contributed by atoms with Crippen molar-refractivity contribution >= 4 is 11.6 Å². The molecule has 0 aliphatic carbocycles. The van der Waals surface area contributed by atoms with E-state index in [1.54, 1.807) is 0 Å². The van der Waals surface area contributed by atoms with Crippen molar-refractivity contribution in [1.82, 2.24) is 4.90 Å². The fourth-order valence-electron chi connectivity index (χ4n) is 1.73. The summed E-state index contributed by atoms with van der Waals surface area (Å²) in [5.41, 5.74) is 5.73. The standard InChI is InChI=1S/C11H13FN2O2/c12-10-3-8(13)1-2-9(10)11(16)14-4-7(5-14)6-15/h1-3,7,15H,4-6,13H2. The average molecular weight is 224 g/mol. The molecular weight excluding hydrogens is 211 g/mol. The van der Waals surface area contributed by atoms with E-state index in [4.69, 9.17) is 10.8 Å². The number of likely N-dealkylation sites (tertiary alicyclic amines) is 1. The zero-order valence-electron chi connectivity index (χ0n) is 8.69. The molecular formula is C11H13FN2O2. The zero-order valence-corrected chi connectivity index (χ0v) is 8.69. The van der Waals surface area contributed by atoms with Crippen LogP contribution in [0.3, 0.4) is 0 Å². The van der Waals surface area contributed by atoms with Gasteiger partial charge in [-0.2, -0.15) is 0 Å². The lowest BCUT2D eigenvalue weighted by Crippen LogP contribution is -2.51. The number of nitrogens with zero attached hydrogens (tertiary/aromatic N) is 1. The number of benzene rings is 1. The Balaban J connectivity index is 2.10. The fourth-order valence-corrected chi connectivity index (χ4v) is 1.73. The average Bonchev–Trinajstić information content (AvgIpc) is 2.15. The maximum Gasteiger partial charge on any atom is 0.256 e. The molecule has 1 aliphatic heterocycles. The van der Waals surface area contributed by atoms with Crippen LogP contribution >= 0.6 is 0 Å². The molecule has 1 amide bonds. The number of anilines is 1. The molecule has 2 rings (SSSR count). The van der Waals surface area contributed by atoms with Gasteiger partial charge in [0.05, 0.1) is 5.56 Å². The lowest BCUT2D eigenvalue weighted by atomic mass is 10.00. The van der Waals surface area contributed by atoms with Crippen molar-refractivity contribution in [2.24, 2.45) is 5.92 Å². The molecule has 16 heavy (non-hydrogen) atoms. The molecule has 1 aromatic rings. The van der Waals surface area contributed by atoms with Crippen LogP contribution in [0.5, 0.6) is 0 Å². The van der Waals surface area contributed by atoms with Crippen LogP contribution in [0.4, 0.5) is 10.1 Å². The highest BCUT2D eigenvalue weighted by Crippen LogP contribution is 2.20. The Kier molecular flexibility index (Phi) is 2.78. The normalized spacial score (nSPS) is 16.0. The second-order valence-electron chi connectivity index (χ2n) is 4.00. The first-order valence-electron chi connectivity index (χ1n) is 5.07. The van der Waals surface area contributed by atoms with Crippen molar-refractivity contribution in [1.29, 1.82) is 0 Å². The van der Waals surface area contributed by atoms with Gasteiger partial charge in [0, 0.05) is 31.3 Å². The van der Waals surface area contributed by atoms with E-state index in [9.17, 15) is 9.18 Å². The molecule has 86 valence electrons. The summed E-state index contributed by atoms with van der Waals surface area (Å²) in [7, 11) is 0. The molecule has 1 fully saturated rings. The SMILES string of the molecule is Nc1ccc(C(=O)N2CC(CO)C2)c(F)c1. The number of rotatable bonds is 2. The van der Waals surface area contributed by atoms with Crippen LogP contribution in [0.15, 0.2) is 18.2 Å². The molecule has 5 heteroatoms. The highest BCUT2D eigenvalue weighted by molar-refractivity contribution is 5.95. The van der Waals surface area contributed by atoms with Crippen molar-refractivity contribution in [3.05, 3.63) is 29.6 Å². The molecule has 0 atom stereocenters. The number of aliphatic hydroxyl groups excluding tert-OH is 1. The van der Waals surface area contributed by atoms with Gasteiger partial charge in [-0.05, 0) is 18.2 Å². The summed E-state index contributed by atoms with van der Waals surface area (Å²) in [5, 5.41) is 8.82. The third-order valence-corrected chi connectivity index (χ3v) is 2.73. The molecule has 0 spiro atoms. The number of hydrogen-bond acceptors (Lipinski definition) is 3. The Morgan fingerprint density at radius 2 is 2.25 bits per heavy atom. The highest BCUT2D eigenvalue weighted by Gasteiger charge is 2.31. The first-order chi connectivity index (χ1) is 7.61. The largest absolute Gasteiger partial charge is 0.399 e.